The SMILES string of the molecule is CCCC(C)CN1CCN(C2CCNCC2)C1=O. The van der Waals surface area contributed by atoms with Gasteiger partial charge in [-0.25, -0.2) is 4.79 Å². The van der Waals surface area contributed by atoms with Crippen molar-refractivity contribution in [3.63, 3.8) is 0 Å². The molecule has 104 valence electrons. The Morgan fingerprint density at radius 1 is 1.33 bits per heavy atom. The average Bonchev–Trinajstić information content (AvgIpc) is 2.72. The molecule has 0 aliphatic carbocycles. The Kier molecular flexibility index (Phi) is 4.87. The third-order valence-electron chi connectivity index (χ3n) is 4.19. The Bertz CT molecular complexity index is 276. The normalized spacial score (nSPS) is 23.8. The number of hydrogen-bond donors (Lipinski definition) is 1. The molecule has 0 saturated carbocycles. The van der Waals surface area contributed by atoms with Gasteiger partial charge in [-0.05, 0) is 38.3 Å². The highest BCUT2D eigenvalue weighted by molar-refractivity contribution is 5.76. The van der Waals surface area contributed by atoms with Crippen LogP contribution in [0.5, 0.6) is 0 Å². The van der Waals surface area contributed by atoms with Crippen LogP contribution in [0.1, 0.15) is 39.5 Å². The molecule has 0 aromatic rings. The van der Waals surface area contributed by atoms with E-state index in [1.165, 1.54) is 12.8 Å². The minimum atomic E-state index is 0.282. The van der Waals surface area contributed by atoms with Gasteiger partial charge in [0.1, 0.15) is 0 Å². The minimum absolute atomic E-state index is 0.282. The van der Waals surface area contributed by atoms with E-state index in [0.717, 1.165) is 45.6 Å². The number of urea groups is 1. The van der Waals surface area contributed by atoms with Crippen LogP contribution in [-0.2, 0) is 0 Å². The van der Waals surface area contributed by atoms with Gasteiger partial charge in [-0.15, -0.1) is 0 Å². The summed E-state index contributed by atoms with van der Waals surface area (Å²) >= 11 is 0. The van der Waals surface area contributed by atoms with E-state index in [2.05, 4.69) is 29.0 Å². The molecule has 4 nitrogen and oxygen atoms in total. The fourth-order valence-electron chi connectivity index (χ4n) is 3.19. The smallest absolute Gasteiger partial charge is 0.320 e. The van der Waals surface area contributed by atoms with Crippen LogP contribution in [0.15, 0.2) is 0 Å². The summed E-state index contributed by atoms with van der Waals surface area (Å²) in [5, 5.41) is 3.36. The Balaban J connectivity index is 1.84. The van der Waals surface area contributed by atoms with Gasteiger partial charge >= 0.3 is 6.03 Å². The molecule has 1 unspecified atom stereocenters. The first-order valence-electron chi connectivity index (χ1n) is 7.48. The van der Waals surface area contributed by atoms with Crippen molar-refractivity contribution in [2.75, 3.05) is 32.7 Å². The van der Waals surface area contributed by atoms with Crippen molar-refractivity contribution in [2.24, 2.45) is 5.92 Å². The number of piperidine rings is 1. The molecule has 2 aliphatic rings. The van der Waals surface area contributed by atoms with E-state index < -0.39 is 0 Å². The predicted octanol–water partition coefficient (Wildman–Crippen LogP) is 1.91. The molecule has 2 heterocycles. The van der Waals surface area contributed by atoms with Gasteiger partial charge in [-0.1, -0.05) is 20.3 Å². The van der Waals surface area contributed by atoms with E-state index in [4.69, 9.17) is 0 Å². The summed E-state index contributed by atoms with van der Waals surface area (Å²) in [6, 6.07) is 0.759. The highest BCUT2D eigenvalue weighted by Crippen LogP contribution is 2.20. The van der Waals surface area contributed by atoms with E-state index in [0.29, 0.717) is 12.0 Å². The molecule has 2 fully saturated rings. The number of rotatable bonds is 5. The topological polar surface area (TPSA) is 35.6 Å². The van der Waals surface area contributed by atoms with Gasteiger partial charge in [0.2, 0.25) is 0 Å². The van der Waals surface area contributed by atoms with Crippen LogP contribution in [0.2, 0.25) is 0 Å². The van der Waals surface area contributed by atoms with Crippen LogP contribution in [-0.4, -0.2) is 54.6 Å². The zero-order chi connectivity index (χ0) is 13.0. The molecule has 0 bridgehead atoms. The second-order valence-corrected chi connectivity index (χ2v) is 5.80. The molecule has 1 atom stereocenters. The maximum absolute atomic E-state index is 12.4. The lowest BCUT2D eigenvalue weighted by atomic mass is 10.1. The maximum atomic E-state index is 12.4. The molecule has 2 amide bonds. The molecule has 0 aromatic carbocycles. The summed E-state index contributed by atoms with van der Waals surface area (Å²) in [7, 11) is 0. The molecule has 18 heavy (non-hydrogen) atoms. The Hall–Kier alpha value is -0.770. The summed E-state index contributed by atoms with van der Waals surface area (Å²) in [6.07, 6.45) is 4.66. The Morgan fingerprint density at radius 3 is 2.72 bits per heavy atom. The van der Waals surface area contributed by atoms with Crippen molar-refractivity contribution < 1.29 is 4.79 Å². The van der Waals surface area contributed by atoms with Crippen molar-refractivity contribution in [2.45, 2.75) is 45.6 Å². The molecular formula is C14H27N3O. The summed E-state index contributed by atoms with van der Waals surface area (Å²) in [5.41, 5.74) is 0. The van der Waals surface area contributed by atoms with E-state index in [1.54, 1.807) is 0 Å². The van der Waals surface area contributed by atoms with E-state index in [-0.39, 0.29) is 6.03 Å². The van der Waals surface area contributed by atoms with Crippen molar-refractivity contribution >= 4 is 6.03 Å². The maximum Gasteiger partial charge on any atom is 0.320 e. The third-order valence-corrected chi connectivity index (χ3v) is 4.19. The zero-order valence-electron chi connectivity index (χ0n) is 11.8. The van der Waals surface area contributed by atoms with Crippen LogP contribution in [0.4, 0.5) is 4.79 Å². The van der Waals surface area contributed by atoms with Gasteiger partial charge in [0.25, 0.3) is 0 Å². The fraction of sp³-hybridized carbons (Fsp3) is 0.929. The average molecular weight is 253 g/mol. The lowest BCUT2D eigenvalue weighted by Crippen LogP contribution is -2.45. The van der Waals surface area contributed by atoms with Crippen LogP contribution >= 0.6 is 0 Å². The largest absolute Gasteiger partial charge is 0.323 e. The van der Waals surface area contributed by atoms with E-state index in [1.807, 2.05) is 0 Å². The number of nitrogens with one attached hydrogen (secondary N) is 1. The lowest BCUT2D eigenvalue weighted by Gasteiger charge is -2.31. The number of carbonyl (C=O) groups excluding carboxylic acids is 1. The van der Waals surface area contributed by atoms with E-state index in [9.17, 15) is 4.79 Å². The van der Waals surface area contributed by atoms with Crippen LogP contribution in [0.25, 0.3) is 0 Å². The Morgan fingerprint density at radius 2 is 2.06 bits per heavy atom. The molecule has 2 rings (SSSR count). The highest BCUT2D eigenvalue weighted by atomic mass is 16.2. The first-order chi connectivity index (χ1) is 8.72. The molecule has 1 N–H and O–H groups in total. The standard InChI is InChI=1S/C14H27N3O/c1-3-4-12(2)11-16-9-10-17(14(16)18)13-5-7-15-8-6-13/h12-13,15H,3-11H2,1-2H3. The molecule has 0 radical (unpaired) electrons. The molecule has 2 saturated heterocycles. The summed E-state index contributed by atoms with van der Waals surface area (Å²) in [4.78, 5) is 16.5. The first-order valence-corrected chi connectivity index (χ1v) is 7.48. The zero-order valence-corrected chi connectivity index (χ0v) is 11.8. The van der Waals surface area contributed by atoms with Gasteiger partial charge < -0.3 is 15.1 Å². The van der Waals surface area contributed by atoms with Gasteiger partial charge in [-0.2, -0.15) is 0 Å². The highest BCUT2D eigenvalue weighted by Gasteiger charge is 2.34. The van der Waals surface area contributed by atoms with Gasteiger partial charge in [0, 0.05) is 25.7 Å². The number of carbonyl (C=O) groups is 1. The number of hydrogen-bond acceptors (Lipinski definition) is 2. The van der Waals surface area contributed by atoms with Crippen molar-refractivity contribution in [3.8, 4) is 0 Å². The van der Waals surface area contributed by atoms with E-state index >= 15 is 0 Å². The fourth-order valence-corrected chi connectivity index (χ4v) is 3.19. The second kappa shape index (κ2) is 6.41. The minimum Gasteiger partial charge on any atom is -0.323 e. The van der Waals surface area contributed by atoms with Gasteiger partial charge in [0.15, 0.2) is 0 Å². The van der Waals surface area contributed by atoms with Gasteiger partial charge in [0.05, 0.1) is 0 Å². The molecule has 2 aliphatic heterocycles. The van der Waals surface area contributed by atoms with Crippen LogP contribution in [0.3, 0.4) is 0 Å². The summed E-state index contributed by atoms with van der Waals surface area (Å²) in [5.74, 6) is 0.631. The van der Waals surface area contributed by atoms with Crippen LogP contribution in [0, 0.1) is 5.92 Å². The third kappa shape index (κ3) is 3.16. The lowest BCUT2D eigenvalue weighted by molar-refractivity contribution is 0.162. The van der Waals surface area contributed by atoms with Crippen LogP contribution < -0.4 is 5.32 Å². The predicted molar refractivity (Wildman–Crippen MR) is 73.6 cm³/mol. The summed E-state index contributed by atoms with van der Waals surface area (Å²) < 4.78 is 0. The second-order valence-electron chi connectivity index (χ2n) is 5.80. The quantitative estimate of drug-likeness (QED) is 0.812. The monoisotopic (exact) mass is 253 g/mol. The summed E-state index contributed by atoms with van der Waals surface area (Å²) in [6.45, 7) is 9.38. The molecule has 0 spiro atoms. The first kappa shape index (κ1) is 13.7. The molecule has 4 heteroatoms. The molecule has 0 aromatic heterocycles. The van der Waals surface area contributed by atoms with Crippen molar-refractivity contribution in [1.29, 1.82) is 0 Å². The van der Waals surface area contributed by atoms with Crippen molar-refractivity contribution in [1.82, 2.24) is 15.1 Å². The molecular weight excluding hydrogens is 226 g/mol. The van der Waals surface area contributed by atoms with Gasteiger partial charge in [-0.3, -0.25) is 0 Å². The Labute approximate surface area is 111 Å². The number of amides is 2. The number of nitrogens with zero attached hydrogens (tertiary/aromatic N) is 2. The van der Waals surface area contributed by atoms with Crippen molar-refractivity contribution in [3.05, 3.63) is 0 Å².